The Labute approximate surface area is 97.8 Å². The predicted octanol–water partition coefficient (Wildman–Crippen LogP) is 1.48. The highest BCUT2D eigenvalue weighted by atomic mass is 32.1. The maximum Gasteiger partial charge on any atom is 0.152 e. The number of rotatable bonds is 4. The van der Waals surface area contributed by atoms with Crippen LogP contribution in [0.25, 0.3) is 0 Å². The first-order valence-corrected chi connectivity index (χ1v) is 5.84. The molecule has 0 aliphatic carbocycles. The Hall–Kier alpha value is -1.69. The second kappa shape index (κ2) is 4.89. The van der Waals surface area contributed by atoms with E-state index in [0.717, 1.165) is 23.7 Å². The molecule has 0 spiro atoms. The minimum absolute atomic E-state index is 0.567. The number of anilines is 2. The Balaban J connectivity index is 1.87. The number of thiazole rings is 1. The predicted molar refractivity (Wildman–Crippen MR) is 65.5 cm³/mol. The molecule has 2 aromatic heterocycles. The lowest BCUT2D eigenvalue weighted by Crippen LogP contribution is -2.08. The number of aromatic nitrogens is 3. The minimum Gasteiger partial charge on any atom is -0.394 e. The number of hydrogen-bond acceptors (Lipinski definition) is 6. The molecule has 0 aromatic carbocycles. The molecule has 0 aliphatic heterocycles. The van der Waals surface area contributed by atoms with Gasteiger partial charge in [-0.05, 0) is 6.92 Å². The third-order valence-electron chi connectivity index (χ3n) is 2.08. The smallest absolute Gasteiger partial charge is 0.152 e. The molecule has 84 valence electrons. The Morgan fingerprint density at radius 1 is 1.50 bits per heavy atom. The molecule has 0 radical (unpaired) electrons. The maximum atomic E-state index is 5.70. The lowest BCUT2D eigenvalue weighted by molar-refractivity contribution is 0.958. The SMILES string of the molecule is Cc1nc(CCNc2ncncc2N)cs1. The highest BCUT2D eigenvalue weighted by Gasteiger charge is 2.01. The second-order valence-corrected chi connectivity index (χ2v) is 4.42. The summed E-state index contributed by atoms with van der Waals surface area (Å²) < 4.78 is 0. The number of hydrogen-bond donors (Lipinski definition) is 2. The van der Waals surface area contributed by atoms with Crippen molar-refractivity contribution in [3.63, 3.8) is 0 Å². The second-order valence-electron chi connectivity index (χ2n) is 3.36. The van der Waals surface area contributed by atoms with Gasteiger partial charge in [0.05, 0.1) is 22.6 Å². The van der Waals surface area contributed by atoms with E-state index in [1.54, 1.807) is 17.5 Å². The largest absolute Gasteiger partial charge is 0.394 e. The monoisotopic (exact) mass is 235 g/mol. The van der Waals surface area contributed by atoms with Crippen molar-refractivity contribution in [2.75, 3.05) is 17.6 Å². The van der Waals surface area contributed by atoms with E-state index in [0.29, 0.717) is 11.5 Å². The summed E-state index contributed by atoms with van der Waals surface area (Å²) in [5.74, 6) is 0.682. The molecular weight excluding hydrogens is 222 g/mol. The zero-order chi connectivity index (χ0) is 11.4. The molecule has 0 unspecified atom stereocenters. The Bertz CT molecular complexity index is 468. The van der Waals surface area contributed by atoms with Crippen LogP contribution in [0.4, 0.5) is 11.5 Å². The van der Waals surface area contributed by atoms with E-state index in [2.05, 4.69) is 25.6 Å². The van der Waals surface area contributed by atoms with Crippen molar-refractivity contribution in [3.05, 3.63) is 28.6 Å². The lowest BCUT2D eigenvalue weighted by Gasteiger charge is -2.05. The van der Waals surface area contributed by atoms with Crippen LogP contribution in [0.15, 0.2) is 17.9 Å². The van der Waals surface area contributed by atoms with Crippen LogP contribution >= 0.6 is 11.3 Å². The number of nitrogens with two attached hydrogens (primary N) is 1. The standard InChI is InChI=1S/C10H13N5S/c1-7-15-8(5-16-7)2-3-13-10-9(11)4-12-6-14-10/h4-6H,2-3,11H2,1H3,(H,12,13,14). The van der Waals surface area contributed by atoms with Crippen molar-refractivity contribution in [3.8, 4) is 0 Å². The van der Waals surface area contributed by atoms with E-state index in [9.17, 15) is 0 Å². The molecule has 0 fully saturated rings. The maximum absolute atomic E-state index is 5.70. The van der Waals surface area contributed by atoms with E-state index < -0.39 is 0 Å². The summed E-state index contributed by atoms with van der Waals surface area (Å²) in [6.45, 7) is 2.77. The van der Waals surface area contributed by atoms with Crippen molar-refractivity contribution in [1.29, 1.82) is 0 Å². The van der Waals surface area contributed by atoms with Gasteiger partial charge >= 0.3 is 0 Å². The molecule has 2 aromatic rings. The molecule has 16 heavy (non-hydrogen) atoms. The van der Waals surface area contributed by atoms with E-state index in [1.807, 2.05) is 6.92 Å². The van der Waals surface area contributed by atoms with E-state index >= 15 is 0 Å². The van der Waals surface area contributed by atoms with Gasteiger partial charge in [-0.3, -0.25) is 0 Å². The van der Waals surface area contributed by atoms with Gasteiger partial charge in [0.15, 0.2) is 5.82 Å². The summed E-state index contributed by atoms with van der Waals surface area (Å²) in [5, 5.41) is 6.32. The molecule has 0 saturated heterocycles. The van der Waals surface area contributed by atoms with Crippen molar-refractivity contribution in [2.45, 2.75) is 13.3 Å². The van der Waals surface area contributed by atoms with Crippen LogP contribution in [0, 0.1) is 6.92 Å². The fraction of sp³-hybridized carbons (Fsp3) is 0.300. The van der Waals surface area contributed by atoms with Gasteiger partial charge in [0.1, 0.15) is 6.33 Å². The van der Waals surface area contributed by atoms with Gasteiger partial charge in [-0.15, -0.1) is 11.3 Å². The van der Waals surface area contributed by atoms with Gasteiger partial charge in [0.25, 0.3) is 0 Å². The highest BCUT2D eigenvalue weighted by molar-refractivity contribution is 7.09. The molecular formula is C10H13N5S. The van der Waals surface area contributed by atoms with Crippen LogP contribution in [0.2, 0.25) is 0 Å². The van der Waals surface area contributed by atoms with Crippen molar-refractivity contribution < 1.29 is 0 Å². The van der Waals surface area contributed by atoms with E-state index in [1.165, 1.54) is 6.33 Å². The van der Waals surface area contributed by atoms with Crippen LogP contribution in [-0.2, 0) is 6.42 Å². The van der Waals surface area contributed by atoms with Crippen LogP contribution in [0.3, 0.4) is 0 Å². The van der Waals surface area contributed by atoms with Crippen LogP contribution in [-0.4, -0.2) is 21.5 Å². The number of nitrogen functional groups attached to an aromatic ring is 1. The number of aryl methyl sites for hydroxylation is 1. The van der Waals surface area contributed by atoms with Crippen molar-refractivity contribution in [1.82, 2.24) is 15.0 Å². The molecule has 0 bridgehead atoms. The van der Waals surface area contributed by atoms with Crippen LogP contribution in [0.1, 0.15) is 10.7 Å². The number of nitrogens with one attached hydrogen (secondary N) is 1. The van der Waals surface area contributed by atoms with Gasteiger partial charge in [0.2, 0.25) is 0 Å². The zero-order valence-corrected chi connectivity index (χ0v) is 9.79. The molecule has 0 amide bonds. The molecule has 5 nitrogen and oxygen atoms in total. The number of nitrogens with zero attached hydrogens (tertiary/aromatic N) is 3. The van der Waals surface area contributed by atoms with E-state index in [4.69, 9.17) is 5.73 Å². The van der Waals surface area contributed by atoms with Gasteiger partial charge in [-0.25, -0.2) is 15.0 Å². The summed E-state index contributed by atoms with van der Waals surface area (Å²) in [6, 6.07) is 0. The van der Waals surface area contributed by atoms with E-state index in [-0.39, 0.29) is 0 Å². The summed E-state index contributed by atoms with van der Waals surface area (Å²) in [7, 11) is 0. The Morgan fingerprint density at radius 3 is 3.06 bits per heavy atom. The van der Waals surface area contributed by atoms with Gasteiger partial charge < -0.3 is 11.1 Å². The Morgan fingerprint density at radius 2 is 2.38 bits per heavy atom. The van der Waals surface area contributed by atoms with Crippen molar-refractivity contribution >= 4 is 22.8 Å². The van der Waals surface area contributed by atoms with Crippen LogP contribution < -0.4 is 11.1 Å². The molecule has 0 aliphatic rings. The zero-order valence-electron chi connectivity index (χ0n) is 8.97. The Kier molecular flexibility index (Phi) is 3.31. The van der Waals surface area contributed by atoms with Gasteiger partial charge in [-0.1, -0.05) is 0 Å². The quantitative estimate of drug-likeness (QED) is 0.839. The van der Waals surface area contributed by atoms with Crippen LogP contribution in [0.5, 0.6) is 0 Å². The molecule has 2 rings (SSSR count). The molecule has 2 heterocycles. The minimum atomic E-state index is 0.567. The third kappa shape index (κ3) is 2.66. The average molecular weight is 235 g/mol. The fourth-order valence-corrected chi connectivity index (χ4v) is 1.97. The molecule has 6 heteroatoms. The van der Waals surface area contributed by atoms with Crippen molar-refractivity contribution in [2.24, 2.45) is 0 Å². The fourth-order valence-electron chi connectivity index (χ4n) is 1.32. The lowest BCUT2D eigenvalue weighted by atomic mass is 10.3. The molecule has 3 N–H and O–H groups in total. The summed E-state index contributed by atoms with van der Waals surface area (Å²) in [6.07, 6.45) is 3.93. The third-order valence-corrected chi connectivity index (χ3v) is 2.90. The highest BCUT2D eigenvalue weighted by Crippen LogP contribution is 2.12. The van der Waals surface area contributed by atoms with Gasteiger partial charge in [0, 0.05) is 18.3 Å². The summed E-state index contributed by atoms with van der Waals surface area (Å²) >= 11 is 1.66. The van der Waals surface area contributed by atoms with Gasteiger partial charge in [-0.2, -0.15) is 0 Å². The first-order valence-electron chi connectivity index (χ1n) is 4.96. The summed E-state index contributed by atoms with van der Waals surface area (Å²) in [4.78, 5) is 12.3. The topological polar surface area (TPSA) is 76.7 Å². The average Bonchev–Trinajstić information content (AvgIpc) is 2.67. The normalized spacial score (nSPS) is 10.3. The summed E-state index contributed by atoms with van der Waals surface area (Å²) in [5.41, 5.74) is 7.37. The molecule has 0 atom stereocenters. The first-order chi connectivity index (χ1) is 7.75. The molecule has 0 saturated carbocycles. The first kappa shape index (κ1) is 10.8.